The maximum absolute atomic E-state index is 10.6. The molecule has 1 rings (SSSR count). The van der Waals surface area contributed by atoms with Crippen molar-refractivity contribution in [3.05, 3.63) is 39.9 Å². The first-order valence-electron chi connectivity index (χ1n) is 4.39. The Labute approximate surface area is 82.1 Å². The van der Waals surface area contributed by atoms with Gasteiger partial charge in [0.1, 0.15) is 0 Å². The smallest absolute Gasteiger partial charge is 0.273 e. The van der Waals surface area contributed by atoms with Crippen LogP contribution in [-0.4, -0.2) is 18.0 Å². The summed E-state index contributed by atoms with van der Waals surface area (Å²) in [4.78, 5) is 10.2. The van der Waals surface area contributed by atoms with Crippen LogP contribution in [0.25, 0.3) is 0 Å². The molecule has 0 aliphatic heterocycles. The quantitative estimate of drug-likeness (QED) is 0.410. The predicted octanol–water partition coefficient (Wildman–Crippen LogP) is 0.643. The van der Waals surface area contributed by atoms with Crippen LogP contribution in [0.5, 0.6) is 0 Å². The van der Waals surface area contributed by atoms with E-state index in [2.05, 4.69) is 5.32 Å². The van der Waals surface area contributed by atoms with Crippen LogP contribution in [0, 0.1) is 10.1 Å². The number of hydrogen-bond acceptors (Lipinski definition) is 4. The van der Waals surface area contributed by atoms with Gasteiger partial charge in [0.05, 0.1) is 4.92 Å². The molecule has 0 aliphatic rings. The number of nitro groups is 1. The Morgan fingerprint density at radius 1 is 1.43 bits per heavy atom. The molecular weight excluding hydrogens is 182 g/mol. The average Bonchev–Trinajstić information content (AvgIpc) is 2.19. The number of nitrogens with one attached hydrogen (secondary N) is 1. The highest BCUT2D eigenvalue weighted by Gasteiger charge is 2.10. The summed E-state index contributed by atoms with van der Waals surface area (Å²) in [6.07, 6.45) is 0. The van der Waals surface area contributed by atoms with Crippen LogP contribution in [-0.2, 0) is 6.54 Å². The summed E-state index contributed by atoms with van der Waals surface area (Å²) in [5.41, 5.74) is 6.13. The molecule has 0 radical (unpaired) electrons. The molecular formula is C9H13N3O2. The topological polar surface area (TPSA) is 81.2 Å². The largest absolute Gasteiger partial charge is 0.329 e. The van der Waals surface area contributed by atoms with E-state index in [1.54, 1.807) is 18.2 Å². The second-order valence-electron chi connectivity index (χ2n) is 2.85. The summed E-state index contributed by atoms with van der Waals surface area (Å²) in [7, 11) is 0. The lowest BCUT2D eigenvalue weighted by Gasteiger charge is -2.03. The van der Waals surface area contributed by atoms with E-state index >= 15 is 0 Å². The van der Waals surface area contributed by atoms with Gasteiger partial charge in [-0.2, -0.15) is 0 Å². The monoisotopic (exact) mass is 195 g/mol. The fraction of sp³-hybridized carbons (Fsp3) is 0.333. The SMILES string of the molecule is NCCNCc1ccccc1[N+](=O)[O-]. The molecule has 14 heavy (non-hydrogen) atoms. The first kappa shape index (κ1) is 10.6. The Morgan fingerprint density at radius 3 is 2.79 bits per heavy atom. The van der Waals surface area contributed by atoms with Gasteiger partial charge in [-0.15, -0.1) is 0 Å². The van der Waals surface area contributed by atoms with Gasteiger partial charge in [0, 0.05) is 31.3 Å². The van der Waals surface area contributed by atoms with Crippen LogP contribution in [0.1, 0.15) is 5.56 Å². The number of nitrogens with zero attached hydrogens (tertiary/aromatic N) is 1. The van der Waals surface area contributed by atoms with Gasteiger partial charge in [-0.1, -0.05) is 18.2 Å². The van der Waals surface area contributed by atoms with Crippen LogP contribution in [0.2, 0.25) is 0 Å². The molecule has 0 unspecified atom stereocenters. The molecule has 0 aromatic heterocycles. The van der Waals surface area contributed by atoms with Crippen LogP contribution < -0.4 is 11.1 Å². The van der Waals surface area contributed by atoms with Crippen molar-refractivity contribution in [2.75, 3.05) is 13.1 Å². The number of hydrogen-bond donors (Lipinski definition) is 2. The Morgan fingerprint density at radius 2 is 2.14 bits per heavy atom. The zero-order valence-corrected chi connectivity index (χ0v) is 7.77. The molecule has 0 bridgehead atoms. The lowest BCUT2D eigenvalue weighted by molar-refractivity contribution is -0.385. The van der Waals surface area contributed by atoms with Crippen LogP contribution in [0.4, 0.5) is 5.69 Å². The van der Waals surface area contributed by atoms with E-state index in [0.717, 1.165) is 0 Å². The molecule has 76 valence electrons. The van der Waals surface area contributed by atoms with Gasteiger partial charge < -0.3 is 11.1 Å². The van der Waals surface area contributed by atoms with Gasteiger partial charge in [-0.3, -0.25) is 10.1 Å². The third kappa shape index (κ3) is 2.79. The molecule has 0 fully saturated rings. The molecule has 3 N–H and O–H groups in total. The highest BCUT2D eigenvalue weighted by molar-refractivity contribution is 5.39. The second-order valence-corrected chi connectivity index (χ2v) is 2.85. The van der Waals surface area contributed by atoms with Crippen molar-refractivity contribution in [3.8, 4) is 0 Å². The Hall–Kier alpha value is -1.46. The van der Waals surface area contributed by atoms with E-state index in [-0.39, 0.29) is 10.6 Å². The van der Waals surface area contributed by atoms with E-state index in [9.17, 15) is 10.1 Å². The predicted molar refractivity (Wildman–Crippen MR) is 53.9 cm³/mol. The molecule has 0 amide bonds. The summed E-state index contributed by atoms with van der Waals surface area (Å²) >= 11 is 0. The van der Waals surface area contributed by atoms with Crippen LogP contribution in [0.3, 0.4) is 0 Å². The normalized spacial score (nSPS) is 10.1. The van der Waals surface area contributed by atoms with Gasteiger partial charge in [-0.25, -0.2) is 0 Å². The van der Waals surface area contributed by atoms with Crippen LogP contribution >= 0.6 is 0 Å². The summed E-state index contributed by atoms with van der Waals surface area (Å²) in [5, 5.41) is 13.6. The molecule has 1 aromatic rings. The number of rotatable bonds is 5. The lowest BCUT2D eigenvalue weighted by Crippen LogP contribution is -2.22. The summed E-state index contributed by atoms with van der Waals surface area (Å²) < 4.78 is 0. The van der Waals surface area contributed by atoms with Crippen LogP contribution in [0.15, 0.2) is 24.3 Å². The average molecular weight is 195 g/mol. The van der Waals surface area contributed by atoms with Gasteiger partial charge in [-0.05, 0) is 0 Å². The highest BCUT2D eigenvalue weighted by atomic mass is 16.6. The van der Waals surface area contributed by atoms with E-state index < -0.39 is 0 Å². The van der Waals surface area contributed by atoms with Crippen molar-refractivity contribution in [1.29, 1.82) is 0 Å². The maximum Gasteiger partial charge on any atom is 0.273 e. The van der Waals surface area contributed by atoms with Gasteiger partial charge >= 0.3 is 0 Å². The third-order valence-corrected chi connectivity index (χ3v) is 1.82. The molecule has 0 saturated heterocycles. The van der Waals surface area contributed by atoms with Gasteiger partial charge in [0.2, 0.25) is 0 Å². The first-order valence-corrected chi connectivity index (χ1v) is 4.39. The summed E-state index contributed by atoms with van der Waals surface area (Å²) in [6, 6.07) is 6.68. The van der Waals surface area contributed by atoms with Gasteiger partial charge in [0.25, 0.3) is 5.69 Å². The van der Waals surface area contributed by atoms with Crippen molar-refractivity contribution < 1.29 is 4.92 Å². The summed E-state index contributed by atoms with van der Waals surface area (Å²) in [5.74, 6) is 0. The number of benzene rings is 1. The lowest BCUT2D eigenvalue weighted by atomic mass is 10.2. The van der Waals surface area contributed by atoms with E-state index in [4.69, 9.17) is 5.73 Å². The molecule has 5 nitrogen and oxygen atoms in total. The Balaban J connectivity index is 2.69. The maximum atomic E-state index is 10.6. The first-order chi connectivity index (χ1) is 6.75. The highest BCUT2D eigenvalue weighted by Crippen LogP contribution is 2.16. The van der Waals surface area contributed by atoms with Crippen molar-refractivity contribution in [3.63, 3.8) is 0 Å². The van der Waals surface area contributed by atoms with E-state index in [1.807, 2.05) is 0 Å². The van der Waals surface area contributed by atoms with E-state index in [1.165, 1.54) is 6.07 Å². The Bertz CT molecular complexity index is 315. The molecule has 0 heterocycles. The third-order valence-electron chi connectivity index (χ3n) is 1.82. The fourth-order valence-electron chi connectivity index (χ4n) is 1.16. The minimum absolute atomic E-state index is 0.150. The number of nitro benzene ring substituents is 1. The van der Waals surface area contributed by atoms with Gasteiger partial charge in [0.15, 0.2) is 0 Å². The zero-order valence-electron chi connectivity index (χ0n) is 7.77. The van der Waals surface area contributed by atoms with E-state index in [0.29, 0.717) is 25.2 Å². The standard InChI is InChI=1S/C9H13N3O2/c10-5-6-11-7-8-3-1-2-4-9(8)12(13)14/h1-4,11H,5-7,10H2. The molecule has 0 atom stereocenters. The fourth-order valence-corrected chi connectivity index (χ4v) is 1.16. The molecule has 0 aliphatic carbocycles. The van der Waals surface area contributed by atoms with Crippen molar-refractivity contribution in [2.24, 2.45) is 5.73 Å². The summed E-state index contributed by atoms with van der Waals surface area (Å²) in [6.45, 7) is 1.67. The van der Waals surface area contributed by atoms with Crippen molar-refractivity contribution in [2.45, 2.75) is 6.54 Å². The molecule has 5 heteroatoms. The molecule has 0 spiro atoms. The zero-order chi connectivity index (χ0) is 10.4. The number of nitrogens with two attached hydrogens (primary N) is 1. The second kappa shape index (κ2) is 5.31. The molecule has 1 aromatic carbocycles. The Kier molecular flexibility index (Phi) is 4.03. The van der Waals surface area contributed by atoms with Crippen molar-refractivity contribution in [1.82, 2.24) is 5.32 Å². The number of para-hydroxylation sites is 1. The van der Waals surface area contributed by atoms with Crippen molar-refractivity contribution >= 4 is 5.69 Å². The molecule has 0 saturated carbocycles. The minimum Gasteiger partial charge on any atom is -0.329 e. The minimum atomic E-state index is -0.376.